The molecular formula is C34H47ClN8O2. The molecule has 7 rings (SSSR count). The first-order valence-corrected chi connectivity index (χ1v) is 17.1. The second kappa shape index (κ2) is 12.4. The fraction of sp³-hybridized carbons (Fsp3) is 0.618. The number of halogens is 1. The van der Waals surface area contributed by atoms with Gasteiger partial charge in [0.2, 0.25) is 5.91 Å². The third kappa shape index (κ3) is 5.79. The first kappa shape index (κ1) is 30.7. The maximum atomic E-state index is 12.3. The minimum atomic E-state index is -0.0785. The number of H-pyrrole nitrogens is 1. The number of carbonyl (C=O) groups excluding carboxylic acids is 1. The van der Waals surface area contributed by atoms with E-state index in [1.54, 1.807) is 0 Å². The number of piperazine rings is 1. The van der Waals surface area contributed by atoms with Crippen LogP contribution in [-0.2, 0) is 9.53 Å². The van der Waals surface area contributed by atoms with Crippen LogP contribution in [0.15, 0.2) is 31.0 Å². The third-order valence-corrected chi connectivity index (χ3v) is 11.2. The number of nitrogens with one attached hydrogen (secondary N) is 1. The van der Waals surface area contributed by atoms with Crippen LogP contribution in [0.2, 0.25) is 5.02 Å². The third-order valence-electron chi connectivity index (χ3n) is 10.8. The van der Waals surface area contributed by atoms with Crippen molar-refractivity contribution in [2.45, 2.75) is 64.1 Å². The first-order chi connectivity index (χ1) is 21.7. The molecule has 0 unspecified atom stereocenters. The Morgan fingerprint density at radius 1 is 1.07 bits per heavy atom. The van der Waals surface area contributed by atoms with Gasteiger partial charge in [-0.05, 0) is 70.6 Å². The SMILES string of the molecule is C=CC(=O)N1CCC(n2nc(N3CC[C@@H](CN4CCN(C5COC5)CC4)CC3(C)C)c(-c3c(Cl)ccc4[nH]ncc34)c2C)CC1. The van der Waals surface area contributed by atoms with E-state index in [4.69, 9.17) is 21.4 Å². The van der Waals surface area contributed by atoms with E-state index >= 15 is 0 Å². The van der Waals surface area contributed by atoms with Gasteiger partial charge < -0.3 is 19.4 Å². The van der Waals surface area contributed by atoms with Crippen molar-refractivity contribution >= 4 is 34.2 Å². The summed E-state index contributed by atoms with van der Waals surface area (Å²) in [4.78, 5) is 22.0. The second-order valence-corrected chi connectivity index (χ2v) is 14.5. The molecule has 10 nitrogen and oxygen atoms in total. The minimum Gasteiger partial charge on any atom is -0.378 e. The van der Waals surface area contributed by atoms with Crippen LogP contribution in [0.4, 0.5) is 5.82 Å². The lowest BCUT2D eigenvalue weighted by Gasteiger charge is -2.48. The van der Waals surface area contributed by atoms with Gasteiger partial charge in [0.15, 0.2) is 5.82 Å². The minimum absolute atomic E-state index is 0.00453. The molecule has 0 bridgehead atoms. The molecule has 11 heteroatoms. The summed E-state index contributed by atoms with van der Waals surface area (Å²) in [6, 6.07) is 4.80. The Kier molecular flexibility index (Phi) is 8.43. The quantitative estimate of drug-likeness (QED) is 0.376. The molecule has 6 heterocycles. The molecule has 4 aliphatic rings. The van der Waals surface area contributed by atoms with Crippen molar-refractivity contribution in [3.05, 3.63) is 41.7 Å². The number of likely N-dealkylation sites (tertiary alicyclic amines) is 1. The van der Waals surface area contributed by atoms with Gasteiger partial charge in [0.05, 0.1) is 37.0 Å². The fourth-order valence-corrected chi connectivity index (χ4v) is 8.50. The number of hydrogen-bond donors (Lipinski definition) is 1. The molecule has 2 aromatic heterocycles. The Morgan fingerprint density at radius 2 is 1.82 bits per heavy atom. The summed E-state index contributed by atoms with van der Waals surface area (Å²) in [5, 5.41) is 14.7. The van der Waals surface area contributed by atoms with Gasteiger partial charge in [-0.3, -0.25) is 19.5 Å². The predicted molar refractivity (Wildman–Crippen MR) is 179 cm³/mol. The van der Waals surface area contributed by atoms with E-state index in [2.05, 4.69) is 56.9 Å². The van der Waals surface area contributed by atoms with Crippen LogP contribution in [0.3, 0.4) is 0 Å². The van der Waals surface area contributed by atoms with Gasteiger partial charge in [0.1, 0.15) is 0 Å². The van der Waals surface area contributed by atoms with Crippen LogP contribution in [-0.4, -0.2) is 118 Å². The lowest BCUT2D eigenvalue weighted by Crippen LogP contribution is -2.58. The maximum Gasteiger partial charge on any atom is 0.245 e. The number of aromatic nitrogens is 4. The van der Waals surface area contributed by atoms with Crippen molar-refractivity contribution < 1.29 is 9.53 Å². The molecule has 0 spiro atoms. The largest absolute Gasteiger partial charge is 0.378 e. The molecule has 1 N–H and O–H groups in total. The molecule has 4 saturated heterocycles. The Hall–Kier alpha value is -2.92. The van der Waals surface area contributed by atoms with Gasteiger partial charge in [-0.25, -0.2) is 0 Å². The number of anilines is 1. The molecule has 0 radical (unpaired) electrons. The number of amides is 1. The zero-order valence-electron chi connectivity index (χ0n) is 27.0. The molecule has 1 aromatic carbocycles. The highest BCUT2D eigenvalue weighted by molar-refractivity contribution is 6.35. The number of benzene rings is 1. The lowest BCUT2D eigenvalue weighted by molar-refractivity contribution is -0.127. The summed E-state index contributed by atoms with van der Waals surface area (Å²) < 4.78 is 7.66. The fourth-order valence-electron chi connectivity index (χ4n) is 8.24. The average Bonchev–Trinajstić information content (AvgIpc) is 3.61. The van der Waals surface area contributed by atoms with Gasteiger partial charge in [0.25, 0.3) is 0 Å². The zero-order chi connectivity index (χ0) is 31.3. The number of ether oxygens (including phenoxy) is 1. The Bertz CT molecular complexity index is 1540. The summed E-state index contributed by atoms with van der Waals surface area (Å²) in [5.74, 6) is 1.66. The number of nitrogens with zero attached hydrogens (tertiary/aromatic N) is 7. The van der Waals surface area contributed by atoms with Crippen LogP contribution in [0.25, 0.3) is 22.0 Å². The summed E-state index contributed by atoms with van der Waals surface area (Å²) in [5.41, 5.74) is 4.09. The van der Waals surface area contributed by atoms with Crippen molar-refractivity contribution in [3.8, 4) is 11.1 Å². The molecule has 242 valence electrons. The highest BCUT2D eigenvalue weighted by Gasteiger charge is 2.40. The van der Waals surface area contributed by atoms with Crippen LogP contribution < -0.4 is 4.90 Å². The average molecular weight is 635 g/mol. The van der Waals surface area contributed by atoms with E-state index in [-0.39, 0.29) is 17.5 Å². The molecule has 0 saturated carbocycles. The van der Waals surface area contributed by atoms with E-state index in [1.807, 2.05) is 23.2 Å². The van der Waals surface area contributed by atoms with Crippen molar-refractivity contribution in [1.82, 2.24) is 34.7 Å². The summed E-state index contributed by atoms with van der Waals surface area (Å²) in [6.07, 6.45) is 7.26. The number of aromatic amines is 1. The van der Waals surface area contributed by atoms with Crippen molar-refractivity contribution in [2.75, 3.05) is 70.5 Å². The lowest BCUT2D eigenvalue weighted by atomic mass is 9.81. The summed E-state index contributed by atoms with van der Waals surface area (Å²) in [6.45, 7) is 20.5. The van der Waals surface area contributed by atoms with Crippen molar-refractivity contribution in [2.24, 2.45) is 5.92 Å². The highest BCUT2D eigenvalue weighted by Crippen LogP contribution is 2.46. The Balaban J connectivity index is 1.16. The smallest absolute Gasteiger partial charge is 0.245 e. The standard InChI is InChI=1S/C34H47ClN8O2/c1-5-30(44)41-11-9-25(10-12-41)43-23(2)31(32-27-19-36-37-29(27)7-6-28(32)35)33(38-43)42-13-8-24(18-34(42,3)4)20-39-14-16-40(17-15-39)26-21-45-22-26/h5-7,19,24-26H,1,8-18,20-22H2,2-4H3,(H,36,37)/t24-/m1/s1. The Morgan fingerprint density at radius 3 is 2.49 bits per heavy atom. The highest BCUT2D eigenvalue weighted by atomic mass is 35.5. The van der Waals surface area contributed by atoms with E-state index in [9.17, 15) is 4.79 Å². The van der Waals surface area contributed by atoms with E-state index in [0.29, 0.717) is 30.1 Å². The first-order valence-electron chi connectivity index (χ1n) is 16.7. The number of hydrogen-bond acceptors (Lipinski definition) is 7. The number of piperidine rings is 2. The molecular weight excluding hydrogens is 588 g/mol. The molecule has 4 aliphatic heterocycles. The maximum absolute atomic E-state index is 12.3. The molecule has 45 heavy (non-hydrogen) atoms. The number of fused-ring (bicyclic) bond motifs is 1. The van der Waals surface area contributed by atoms with Crippen LogP contribution in [0.1, 0.15) is 51.3 Å². The van der Waals surface area contributed by atoms with Gasteiger partial charge in [-0.15, -0.1) is 0 Å². The zero-order valence-corrected chi connectivity index (χ0v) is 27.7. The normalized spacial score (nSPS) is 23.9. The molecule has 0 aliphatic carbocycles. The van der Waals surface area contributed by atoms with E-state index < -0.39 is 0 Å². The van der Waals surface area contributed by atoms with Crippen LogP contribution in [0.5, 0.6) is 0 Å². The van der Waals surface area contributed by atoms with E-state index in [1.165, 1.54) is 6.08 Å². The molecule has 1 atom stereocenters. The summed E-state index contributed by atoms with van der Waals surface area (Å²) in [7, 11) is 0. The van der Waals surface area contributed by atoms with Crippen molar-refractivity contribution in [1.29, 1.82) is 0 Å². The van der Waals surface area contributed by atoms with Gasteiger partial charge >= 0.3 is 0 Å². The van der Waals surface area contributed by atoms with Crippen molar-refractivity contribution in [3.63, 3.8) is 0 Å². The monoisotopic (exact) mass is 634 g/mol. The van der Waals surface area contributed by atoms with Gasteiger partial charge in [0, 0.05) is 85.1 Å². The molecule has 3 aromatic rings. The van der Waals surface area contributed by atoms with Crippen LogP contribution >= 0.6 is 11.6 Å². The molecule has 1 amide bonds. The summed E-state index contributed by atoms with van der Waals surface area (Å²) >= 11 is 7.02. The van der Waals surface area contributed by atoms with Gasteiger partial charge in [-0.1, -0.05) is 18.2 Å². The van der Waals surface area contributed by atoms with Crippen LogP contribution in [0, 0.1) is 12.8 Å². The topological polar surface area (TPSA) is 85.8 Å². The molecule has 4 fully saturated rings. The Labute approximate surface area is 271 Å². The predicted octanol–water partition coefficient (Wildman–Crippen LogP) is 4.75. The number of carbonyl (C=O) groups is 1. The van der Waals surface area contributed by atoms with E-state index in [0.717, 1.165) is 112 Å². The van der Waals surface area contributed by atoms with Gasteiger partial charge in [-0.2, -0.15) is 10.2 Å². The number of rotatable bonds is 7. The second-order valence-electron chi connectivity index (χ2n) is 14.1.